The molecule has 0 radical (unpaired) electrons. The summed E-state index contributed by atoms with van der Waals surface area (Å²) in [6.07, 6.45) is 6.76. The molecule has 0 aromatic heterocycles. The summed E-state index contributed by atoms with van der Waals surface area (Å²) in [4.78, 5) is 47.6. The number of aliphatic hydroxyl groups is 1. The van der Waals surface area contributed by atoms with Crippen molar-refractivity contribution in [3.63, 3.8) is 0 Å². The van der Waals surface area contributed by atoms with Gasteiger partial charge in [-0.2, -0.15) is 0 Å². The number of phosphoric ester groups is 2. The number of halogens is 1. The van der Waals surface area contributed by atoms with Crippen molar-refractivity contribution in [3.8, 4) is 35.5 Å². The molecule has 61 heavy (non-hydrogen) atoms. The molecule has 1 N–H and O–H groups in total. The van der Waals surface area contributed by atoms with Crippen molar-refractivity contribution in [3.05, 3.63) is 118 Å². The summed E-state index contributed by atoms with van der Waals surface area (Å²) in [5.41, 5.74) is 1.39. The highest BCUT2D eigenvalue weighted by molar-refractivity contribution is 7.48. The fourth-order valence-corrected chi connectivity index (χ4v) is 7.05. The van der Waals surface area contributed by atoms with Crippen molar-refractivity contribution < 1.29 is 79.5 Å². The van der Waals surface area contributed by atoms with Crippen LogP contribution in [0, 0.1) is 12.5 Å². The second-order valence-electron chi connectivity index (χ2n) is 11.7. The van der Waals surface area contributed by atoms with E-state index in [1.165, 1.54) is 62.4 Å². The van der Waals surface area contributed by atoms with Crippen molar-refractivity contribution in [1.82, 2.24) is 0 Å². The van der Waals surface area contributed by atoms with Gasteiger partial charge in [0.25, 0.3) is 0 Å². The molecule has 0 spiro atoms. The first-order valence-corrected chi connectivity index (χ1v) is 21.5. The van der Waals surface area contributed by atoms with Gasteiger partial charge in [-0.25, -0.2) is 18.7 Å². The number of ether oxygens (including phenoxy) is 4. The number of terminal acetylenes is 1. The molecule has 0 heterocycles. The van der Waals surface area contributed by atoms with Gasteiger partial charge in [0.1, 0.15) is 40.2 Å². The van der Waals surface area contributed by atoms with Gasteiger partial charge in [-0.05, 0) is 74.4 Å². The second kappa shape index (κ2) is 24.8. The van der Waals surface area contributed by atoms with Gasteiger partial charge in [-0.15, -0.1) is 0 Å². The number of rotatable bonds is 20. The molecule has 0 fully saturated rings. The molecule has 1 atom stereocenters. The van der Waals surface area contributed by atoms with Gasteiger partial charge in [0.2, 0.25) is 0 Å². The minimum absolute atomic E-state index is 0.0421. The molecule has 0 aliphatic carbocycles. The summed E-state index contributed by atoms with van der Waals surface area (Å²) < 4.78 is 75.6. The van der Waals surface area contributed by atoms with E-state index in [9.17, 15) is 33.4 Å². The van der Waals surface area contributed by atoms with Gasteiger partial charge in [0.15, 0.2) is 0 Å². The van der Waals surface area contributed by atoms with E-state index in [-0.39, 0.29) is 78.8 Å². The van der Waals surface area contributed by atoms with E-state index in [0.717, 1.165) is 0 Å². The molecule has 0 saturated heterocycles. The molecule has 4 aromatic carbocycles. The van der Waals surface area contributed by atoms with Crippen LogP contribution in [-0.2, 0) is 65.7 Å². The average Bonchev–Trinajstić information content (AvgIpc) is 3.20. The van der Waals surface area contributed by atoms with Crippen LogP contribution in [0.3, 0.4) is 0 Å². The SMILES string of the molecule is C#COP(=O)(OCC)OCc1ccc(OC(=O)c2ccccc2OC(C)=O)cc1Cl.CCOP(=O)(OCC)OCc1ccc(CO)c(OC(=O)c2ccccc2OC(C)=O)c1. The van der Waals surface area contributed by atoms with Crippen LogP contribution in [0.25, 0.3) is 0 Å². The monoisotopic (exact) mass is 904 g/mol. The fraction of sp³-hybridized carbons (Fsp3) is 0.268. The lowest BCUT2D eigenvalue weighted by Gasteiger charge is -2.17. The summed E-state index contributed by atoms with van der Waals surface area (Å²) in [5.74, 6) is -2.32. The van der Waals surface area contributed by atoms with Crippen LogP contribution < -0.4 is 18.9 Å². The predicted octanol–water partition coefficient (Wildman–Crippen LogP) is 8.77. The summed E-state index contributed by atoms with van der Waals surface area (Å²) in [6.45, 7) is 6.98. The van der Waals surface area contributed by atoms with Crippen molar-refractivity contribution in [2.24, 2.45) is 0 Å². The second-order valence-corrected chi connectivity index (χ2v) is 15.4. The molecular formula is C41H43ClO17P2. The number of esters is 4. The molecule has 1 unspecified atom stereocenters. The highest BCUT2D eigenvalue weighted by Crippen LogP contribution is 2.51. The predicted molar refractivity (Wildman–Crippen MR) is 219 cm³/mol. The van der Waals surface area contributed by atoms with Gasteiger partial charge < -0.3 is 28.6 Å². The third kappa shape index (κ3) is 16.2. The first-order chi connectivity index (χ1) is 29.1. The Morgan fingerprint density at radius 2 is 1.13 bits per heavy atom. The van der Waals surface area contributed by atoms with E-state index >= 15 is 0 Å². The Balaban J connectivity index is 0.000000325. The van der Waals surface area contributed by atoms with Gasteiger partial charge >= 0.3 is 39.5 Å². The first kappa shape index (κ1) is 50.0. The van der Waals surface area contributed by atoms with Crippen LogP contribution in [0.15, 0.2) is 84.9 Å². The third-order valence-electron chi connectivity index (χ3n) is 7.25. The van der Waals surface area contributed by atoms with Gasteiger partial charge in [-0.3, -0.25) is 32.2 Å². The maximum atomic E-state index is 12.7. The highest BCUT2D eigenvalue weighted by Gasteiger charge is 2.28. The number of benzene rings is 4. The molecule has 0 amide bonds. The molecule has 4 rings (SSSR count). The zero-order valence-corrected chi connectivity index (χ0v) is 36.2. The van der Waals surface area contributed by atoms with Gasteiger partial charge in [0.05, 0.1) is 39.6 Å². The minimum Gasteiger partial charge on any atom is -0.426 e. The number of para-hydroxylation sites is 2. The molecule has 0 aliphatic heterocycles. The lowest BCUT2D eigenvalue weighted by Crippen LogP contribution is -2.13. The highest BCUT2D eigenvalue weighted by atomic mass is 35.5. The topological polar surface area (TPSA) is 215 Å². The zero-order chi connectivity index (χ0) is 45.0. The summed E-state index contributed by atoms with van der Waals surface area (Å²) >= 11 is 6.19. The molecule has 17 nitrogen and oxygen atoms in total. The Morgan fingerprint density at radius 1 is 0.623 bits per heavy atom. The lowest BCUT2D eigenvalue weighted by molar-refractivity contribution is -0.132. The van der Waals surface area contributed by atoms with Crippen molar-refractivity contribution in [2.45, 2.75) is 54.4 Å². The number of hydrogen-bond donors (Lipinski definition) is 1. The maximum Gasteiger partial charge on any atom is 0.538 e. The number of hydrogen-bond acceptors (Lipinski definition) is 17. The molecule has 0 bridgehead atoms. The normalized spacial score (nSPS) is 11.8. The van der Waals surface area contributed by atoms with Crippen molar-refractivity contribution in [2.75, 3.05) is 19.8 Å². The maximum absolute atomic E-state index is 12.7. The van der Waals surface area contributed by atoms with Crippen molar-refractivity contribution >= 4 is 51.1 Å². The fourth-order valence-electron chi connectivity index (χ4n) is 4.74. The van der Waals surface area contributed by atoms with Crippen LogP contribution in [0.2, 0.25) is 5.02 Å². The van der Waals surface area contributed by atoms with Crippen LogP contribution in [0.1, 0.15) is 72.0 Å². The van der Waals surface area contributed by atoms with Crippen LogP contribution in [0.4, 0.5) is 0 Å². The number of phosphoric acid groups is 2. The van der Waals surface area contributed by atoms with E-state index in [2.05, 4.69) is 4.52 Å². The molecule has 4 aromatic rings. The standard InChI is InChI=1S/C21H25O9P.C20H18ClO8P/c1-4-26-31(25,27-5-2)28-14-16-10-11-17(13-22)20(12-16)30-21(24)18-8-6-7-9-19(18)29-15(3)23;1-4-25-30(24,26-5-2)27-13-15-10-11-16(12-18(15)21)29-20(23)17-8-6-7-9-19(17)28-14(3)22/h6-12,22H,4-5,13-14H2,1-3H3;1,6-12H,5,13H2,2-3H3. The largest absolute Gasteiger partial charge is 0.538 e. The lowest BCUT2D eigenvalue weighted by atomic mass is 10.1. The zero-order valence-electron chi connectivity index (χ0n) is 33.7. The van der Waals surface area contributed by atoms with E-state index in [0.29, 0.717) is 16.7 Å². The molecular weight excluding hydrogens is 862 g/mol. The third-order valence-corrected chi connectivity index (χ3v) is 10.5. The quantitative estimate of drug-likeness (QED) is 0.0379. The van der Waals surface area contributed by atoms with Crippen molar-refractivity contribution in [1.29, 1.82) is 0 Å². The van der Waals surface area contributed by atoms with E-state index in [4.69, 9.17) is 59.6 Å². The first-order valence-electron chi connectivity index (χ1n) is 18.2. The number of aliphatic hydroxyl groups excluding tert-OH is 1. The molecule has 0 aliphatic rings. The van der Waals surface area contributed by atoms with E-state index < -0.39 is 39.5 Å². The Bertz CT molecular complexity index is 2280. The van der Waals surface area contributed by atoms with Gasteiger partial charge in [0, 0.05) is 24.4 Å². The molecule has 20 heteroatoms. The van der Waals surface area contributed by atoms with Crippen LogP contribution >= 0.6 is 27.2 Å². The average molecular weight is 905 g/mol. The Labute approximate surface area is 357 Å². The van der Waals surface area contributed by atoms with E-state index in [1.54, 1.807) is 63.3 Å². The number of carbonyl (C=O) groups is 4. The van der Waals surface area contributed by atoms with Gasteiger partial charge in [-0.1, -0.05) is 60.5 Å². The molecule has 0 saturated carbocycles. The smallest absolute Gasteiger partial charge is 0.426 e. The number of carbonyl (C=O) groups excluding carboxylic acids is 4. The minimum atomic E-state index is -3.92. The van der Waals surface area contributed by atoms with Crippen LogP contribution in [0.5, 0.6) is 23.0 Å². The summed E-state index contributed by atoms with van der Waals surface area (Å²) in [7, 11) is -7.64. The Hall–Kier alpha value is -5.37. The summed E-state index contributed by atoms with van der Waals surface area (Å²) in [6, 6.07) is 21.3. The summed E-state index contributed by atoms with van der Waals surface area (Å²) in [5, 5.41) is 9.77. The Kier molecular flexibility index (Phi) is 20.3. The van der Waals surface area contributed by atoms with E-state index in [1.807, 2.05) is 0 Å². The molecule has 326 valence electrons. The Morgan fingerprint density at radius 3 is 1.64 bits per heavy atom. The van der Waals surface area contributed by atoms with Crippen LogP contribution in [-0.4, -0.2) is 48.8 Å².